The fraction of sp³-hybridized carbons (Fsp3) is 0.800. The van der Waals surface area contributed by atoms with Crippen molar-refractivity contribution in [2.45, 2.75) is 32.6 Å². The number of ketones is 1. The third kappa shape index (κ3) is 8.10. The van der Waals surface area contributed by atoms with Gasteiger partial charge in [0.1, 0.15) is 5.78 Å². The van der Waals surface area contributed by atoms with Crippen molar-refractivity contribution in [1.29, 1.82) is 0 Å². The van der Waals surface area contributed by atoms with E-state index in [1.54, 1.807) is 11.8 Å². The second kappa shape index (κ2) is 9.06. The Morgan fingerprint density at radius 2 is 1.93 bits per heavy atom. The number of esters is 1. The lowest BCUT2D eigenvalue weighted by Crippen LogP contribution is -2.02. The molecule has 0 aliphatic rings. The first-order valence-electron chi connectivity index (χ1n) is 4.87. The molecule has 0 unspecified atom stereocenters. The molecular weight excluding hydrogens is 200 g/mol. The summed E-state index contributed by atoms with van der Waals surface area (Å²) in [5, 5.41) is 0. The van der Waals surface area contributed by atoms with Gasteiger partial charge in [-0.1, -0.05) is 6.92 Å². The van der Waals surface area contributed by atoms with Gasteiger partial charge in [-0.3, -0.25) is 9.59 Å². The van der Waals surface area contributed by atoms with E-state index < -0.39 is 0 Å². The Morgan fingerprint density at radius 3 is 2.50 bits per heavy atom. The van der Waals surface area contributed by atoms with Gasteiger partial charge in [0.2, 0.25) is 0 Å². The lowest BCUT2D eigenvalue weighted by molar-refractivity contribution is -0.140. The molecule has 14 heavy (non-hydrogen) atoms. The molecule has 82 valence electrons. The summed E-state index contributed by atoms with van der Waals surface area (Å²) >= 11 is 1.70. The Hall–Kier alpha value is -0.510. The first-order valence-corrected chi connectivity index (χ1v) is 6.02. The molecule has 0 heterocycles. The van der Waals surface area contributed by atoms with Crippen LogP contribution in [-0.4, -0.2) is 30.4 Å². The third-order valence-electron chi connectivity index (χ3n) is 1.82. The van der Waals surface area contributed by atoms with E-state index >= 15 is 0 Å². The highest BCUT2D eigenvalue weighted by Gasteiger charge is 2.00. The smallest absolute Gasteiger partial charge is 0.306 e. The van der Waals surface area contributed by atoms with Gasteiger partial charge in [-0.2, -0.15) is 11.8 Å². The number of hydrogen-bond acceptors (Lipinski definition) is 4. The molecule has 0 fully saturated rings. The first kappa shape index (κ1) is 13.5. The number of rotatable bonds is 8. The highest BCUT2D eigenvalue weighted by atomic mass is 32.2. The maximum Gasteiger partial charge on any atom is 0.306 e. The summed E-state index contributed by atoms with van der Waals surface area (Å²) in [4.78, 5) is 21.6. The Morgan fingerprint density at radius 1 is 1.21 bits per heavy atom. The van der Waals surface area contributed by atoms with Gasteiger partial charge in [0.05, 0.1) is 13.5 Å². The summed E-state index contributed by atoms with van der Waals surface area (Å²) in [5.41, 5.74) is 0. The van der Waals surface area contributed by atoms with Gasteiger partial charge in [-0.25, -0.2) is 0 Å². The zero-order valence-corrected chi connectivity index (χ0v) is 9.69. The quantitative estimate of drug-likeness (QED) is 0.462. The van der Waals surface area contributed by atoms with Crippen molar-refractivity contribution in [3.63, 3.8) is 0 Å². The summed E-state index contributed by atoms with van der Waals surface area (Å²) in [6, 6.07) is 0. The van der Waals surface area contributed by atoms with Crippen molar-refractivity contribution in [2.24, 2.45) is 0 Å². The molecule has 0 atom stereocenters. The van der Waals surface area contributed by atoms with Crippen molar-refractivity contribution < 1.29 is 14.3 Å². The van der Waals surface area contributed by atoms with Gasteiger partial charge >= 0.3 is 5.97 Å². The molecule has 0 saturated heterocycles. The number of methoxy groups -OCH3 is 1. The maximum absolute atomic E-state index is 10.9. The van der Waals surface area contributed by atoms with Gasteiger partial charge in [0, 0.05) is 18.6 Å². The molecule has 3 nitrogen and oxygen atoms in total. The standard InChI is InChI=1S/C10H18O3S/c1-3-9(11)5-4-7-14-8-6-10(12)13-2/h3-8H2,1-2H3. The minimum absolute atomic E-state index is 0.165. The number of carbonyl (C=O) groups excluding carboxylic acids is 2. The maximum atomic E-state index is 10.9. The van der Waals surface area contributed by atoms with E-state index in [2.05, 4.69) is 4.74 Å². The fourth-order valence-corrected chi connectivity index (χ4v) is 1.77. The summed E-state index contributed by atoms with van der Waals surface area (Å²) < 4.78 is 4.51. The van der Waals surface area contributed by atoms with Gasteiger partial charge < -0.3 is 4.74 Å². The Labute approximate surface area is 89.6 Å². The van der Waals surface area contributed by atoms with Gasteiger partial charge in [-0.15, -0.1) is 0 Å². The highest BCUT2D eigenvalue weighted by Crippen LogP contribution is 2.07. The molecule has 4 heteroatoms. The van der Waals surface area contributed by atoms with E-state index in [9.17, 15) is 9.59 Å². The zero-order chi connectivity index (χ0) is 10.8. The van der Waals surface area contributed by atoms with Gasteiger partial charge in [-0.05, 0) is 12.2 Å². The summed E-state index contributed by atoms with van der Waals surface area (Å²) in [6.07, 6.45) is 2.68. The van der Waals surface area contributed by atoms with Crippen LogP contribution in [0.2, 0.25) is 0 Å². The van der Waals surface area contributed by atoms with Crippen LogP contribution in [0.25, 0.3) is 0 Å². The molecule has 0 aromatic rings. The van der Waals surface area contributed by atoms with Crippen molar-refractivity contribution in [1.82, 2.24) is 0 Å². The van der Waals surface area contributed by atoms with E-state index in [1.165, 1.54) is 7.11 Å². The van der Waals surface area contributed by atoms with E-state index in [4.69, 9.17) is 0 Å². The molecule has 0 aromatic heterocycles. The summed E-state index contributed by atoms with van der Waals surface area (Å²) in [6.45, 7) is 1.88. The van der Waals surface area contributed by atoms with Crippen LogP contribution in [0.15, 0.2) is 0 Å². The van der Waals surface area contributed by atoms with E-state index in [0.29, 0.717) is 25.0 Å². The van der Waals surface area contributed by atoms with Crippen LogP contribution < -0.4 is 0 Å². The van der Waals surface area contributed by atoms with Crippen molar-refractivity contribution in [3.05, 3.63) is 0 Å². The molecular formula is C10H18O3S. The van der Waals surface area contributed by atoms with Gasteiger partial charge in [0.15, 0.2) is 0 Å². The molecule has 0 rings (SSSR count). The number of carbonyl (C=O) groups is 2. The SMILES string of the molecule is CCC(=O)CCCSCCC(=O)OC. The first-order chi connectivity index (χ1) is 6.70. The number of Topliss-reactive ketones (excluding diaryl/α,β-unsaturated/α-hetero) is 1. The van der Waals surface area contributed by atoms with E-state index in [1.807, 2.05) is 6.92 Å². The monoisotopic (exact) mass is 218 g/mol. The third-order valence-corrected chi connectivity index (χ3v) is 2.89. The van der Waals surface area contributed by atoms with Crippen LogP contribution in [0.3, 0.4) is 0 Å². The average molecular weight is 218 g/mol. The second-order valence-electron chi connectivity index (χ2n) is 2.93. The summed E-state index contributed by atoms with van der Waals surface area (Å²) in [7, 11) is 1.40. The van der Waals surface area contributed by atoms with Crippen molar-refractivity contribution >= 4 is 23.5 Å². The highest BCUT2D eigenvalue weighted by molar-refractivity contribution is 7.99. The van der Waals surface area contributed by atoms with Crippen LogP contribution >= 0.6 is 11.8 Å². The number of ether oxygens (including phenoxy) is 1. The van der Waals surface area contributed by atoms with Crippen LogP contribution in [0, 0.1) is 0 Å². The lowest BCUT2D eigenvalue weighted by Gasteiger charge is -2.00. The molecule has 0 aliphatic carbocycles. The molecule has 0 spiro atoms. The molecule has 0 saturated carbocycles. The van der Waals surface area contributed by atoms with Crippen LogP contribution in [0.4, 0.5) is 0 Å². The largest absolute Gasteiger partial charge is 0.469 e. The molecule has 0 N–H and O–H groups in total. The van der Waals surface area contributed by atoms with E-state index in [0.717, 1.165) is 17.9 Å². The number of thioether (sulfide) groups is 1. The predicted octanol–water partition coefficient (Wildman–Crippen LogP) is 2.04. The normalized spacial score (nSPS) is 9.86. The van der Waals surface area contributed by atoms with Crippen molar-refractivity contribution in [2.75, 3.05) is 18.6 Å². The van der Waals surface area contributed by atoms with Crippen LogP contribution in [-0.2, 0) is 14.3 Å². The number of hydrogen-bond donors (Lipinski definition) is 0. The fourth-order valence-electron chi connectivity index (χ4n) is 0.908. The van der Waals surface area contributed by atoms with Crippen LogP contribution in [0.1, 0.15) is 32.6 Å². The molecule has 0 bridgehead atoms. The summed E-state index contributed by atoms with van der Waals surface area (Å²) in [5.74, 6) is 1.89. The van der Waals surface area contributed by atoms with Gasteiger partial charge in [0.25, 0.3) is 0 Å². The Bertz CT molecular complexity index is 160. The molecule has 0 aliphatic heterocycles. The molecule has 0 radical (unpaired) electrons. The second-order valence-corrected chi connectivity index (χ2v) is 4.16. The predicted molar refractivity (Wildman–Crippen MR) is 58.5 cm³/mol. The van der Waals surface area contributed by atoms with Crippen molar-refractivity contribution in [3.8, 4) is 0 Å². The van der Waals surface area contributed by atoms with Crippen LogP contribution in [0.5, 0.6) is 0 Å². The Kier molecular flexibility index (Phi) is 8.73. The average Bonchev–Trinajstić information content (AvgIpc) is 2.22. The topological polar surface area (TPSA) is 43.4 Å². The van der Waals surface area contributed by atoms with E-state index in [-0.39, 0.29) is 5.97 Å². The molecule has 0 aromatic carbocycles. The minimum atomic E-state index is -0.165. The minimum Gasteiger partial charge on any atom is -0.469 e. The zero-order valence-electron chi connectivity index (χ0n) is 8.88. The Balaban J connectivity index is 3.14. The molecule has 0 amide bonds. The lowest BCUT2D eigenvalue weighted by atomic mass is 10.2.